The summed E-state index contributed by atoms with van der Waals surface area (Å²) in [6.07, 6.45) is 10.4. The number of hydrogen-bond donors (Lipinski definition) is 1. The van der Waals surface area contributed by atoms with E-state index in [2.05, 4.69) is 37.3 Å². The van der Waals surface area contributed by atoms with E-state index in [0.29, 0.717) is 11.9 Å². The third-order valence-corrected chi connectivity index (χ3v) is 3.20. The van der Waals surface area contributed by atoms with Crippen molar-refractivity contribution in [2.24, 2.45) is 0 Å². The van der Waals surface area contributed by atoms with Gasteiger partial charge in [0, 0.05) is 6.54 Å². The monoisotopic (exact) mass is 309 g/mol. The average Bonchev–Trinajstić information content (AvgIpc) is 3.00. The van der Waals surface area contributed by atoms with Crippen LogP contribution in [-0.2, 0) is 0 Å². The van der Waals surface area contributed by atoms with Crippen molar-refractivity contribution in [2.45, 2.75) is 45.4 Å². The second-order valence-electron chi connectivity index (χ2n) is 4.76. The number of hydrogen-bond acceptors (Lipinski definition) is 6. The lowest BCUT2D eigenvalue weighted by atomic mass is 10.1. The molecule has 0 amide bonds. The van der Waals surface area contributed by atoms with Crippen LogP contribution < -0.4 is 5.32 Å². The summed E-state index contributed by atoms with van der Waals surface area (Å²) in [5.41, 5.74) is 0. The van der Waals surface area contributed by atoms with E-state index in [1.54, 1.807) is 0 Å². The second-order valence-corrected chi connectivity index (χ2v) is 5.10. The van der Waals surface area contributed by atoms with E-state index >= 15 is 0 Å². The van der Waals surface area contributed by atoms with Crippen LogP contribution in [0.1, 0.15) is 45.4 Å². The lowest BCUT2D eigenvalue weighted by Crippen LogP contribution is -2.10. The Balaban J connectivity index is 1.81. The molecule has 0 radical (unpaired) electrons. The number of nitrogens with zero attached hydrogens (tertiary/aromatic N) is 6. The van der Waals surface area contributed by atoms with Crippen molar-refractivity contribution >= 4 is 17.5 Å². The fraction of sp³-hybridized carbons (Fsp3) is 0.615. The molecule has 0 atom stereocenters. The molecule has 2 heterocycles. The van der Waals surface area contributed by atoms with Gasteiger partial charge in [-0.1, -0.05) is 39.0 Å². The van der Waals surface area contributed by atoms with Gasteiger partial charge in [0.05, 0.1) is 0 Å². The Bertz CT molecular complexity index is 529. The van der Waals surface area contributed by atoms with Crippen LogP contribution in [0.15, 0.2) is 12.7 Å². The van der Waals surface area contributed by atoms with Gasteiger partial charge in [-0.2, -0.15) is 24.7 Å². The predicted octanol–water partition coefficient (Wildman–Crippen LogP) is 2.88. The fourth-order valence-corrected chi connectivity index (χ4v) is 2.09. The molecular formula is C13H20ClN7. The Kier molecular flexibility index (Phi) is 6.33. The van der Waals surface area contributed by atoms with Crippen LogP contribution in [0.25, 0.3) is 5.95 Å². The highest BCUT2D eigenvalue weighted by atomic mass is 35.5. The molecule has 0 aliphatic rings. The van der Waals surface area contributed by atoms with Gasteiger partial charge in [0.2, 0.25) is 11.2 Å². The first kappa shape index (κ1) is 15.6. The van der Waals surface area contributed by atoms with Crippen LogP contribution in [0.5, 0.6) is 0 Å². The Morgan fingerprint density at radius 1 is 1.10 bits per heavy atom. The fourth-order valence-electron chi connectivity index (χ4n) is 1.94. The van der Waals surface area contributed by atoms with E-state index in [1.165, 1.54) is 49.4 Å². The van der Waals surface area contributed by atoms with Gasteiger partial charge in [-0.05, 0) is 18.0 Å². The zero-order chi connectivity index (χ0) is 14.9. The second kappa shape index (κ2) is 8.51. The van der Waals surface area contributed by atoms with Crippen molar-refractivity contribution < 1.29 is 0 Å². The molecule has 0 saturated carbocycles. The summed E-state index contributed by atoms with van der Waals surface area (Å²) in [5, 5.41) is 7.28. The zero-order valence-electron chi connectivity index (χ0n) is 12.2. The summed E-state index contributed by atoms with van der Waals surface area (Å²) < 4.78 is 1.45. The number of halogens is 1. The number of unbranched alkanes of at least 4 members (excludes halogenated alkanes) is 5. The van der Waals surface area contributed by atoms with Crippen LogP contribution in [0.3, 0.4) is 0 Å². The first-order valence-electron chi connectivity index (χ1n) is 7.30. The third kappa shape index (κ3) is 5.26. The highest BCUT2D eigenvalue weighted by Gasteiger charge is 2.06. The Labute approximate surface area is 129 Å². The lowest BCUT2D eigenvalue weighted by Gasteiger charge is -2.06. The molecule has 0 unspecified atom stereocenters. The average molecular weight is 310 g/mol. The van der Waals surface area contributed by atoms with Gasteiger partial charge in [0.1, 0.15) is 12.7 Å². The van der Waals surface area contributed by atoms with Crippen molar-refractivity contribution in [3.8, 4) is 5.95 Å². The summed E-state index contributed by atoms with van der Waals surface area (Å²) in [4.78, 5) is 16.2. The third-order valence-electron chi connectivity index (χ3n) is 3.03. The Morgan fingerprint density at radius 2 is 1.90 bits per heavy atom. The number of rotatable bonds is 9. The normalized spacial score (nSPS) is 10.8. The van der Waals surface area contributed by atoms with Crippen molar-refractivity contribution in [1.82, 2.24) is 29.7 Å². The van der Waals surface area contributed by atoms with Crippen LogP contribution in [-0.4, -0.2) is 36.3 Å². The molecule has 0 bridgehead atoms. The highest BCUT2D eigenvalue weighted by Crippen LogP contribution is 2.09. The standard InChI is InChI=1S/C13H20ClN7/c1-2-3-4-5-6-7-8-16-12-18-11(14)19-13(20-12)21-10-15-9-17-21/h9-10H,2-8H2,1H3,(H,16,18,19,20). The molecule has 21 heavy (non-hydrogen) atoms. The summed E-state index contributed by atoms with van der Waals surface area (Å²) in [5.74, 6) is 0.826. The van der Waals surface area contributed by atoms with Gasteiger partial charge in [0.15, 0.2) is 0 Å². The van der Waals surface area contributed by atoms with E-state index < -0.39 is 0 Å². The molecule has 8 heteroatoms. The van der Waals surface area contributed by atoms with Crippen LogP contribution in [0.2, 0.25) is 5.28 Å². The van der Waals surface area contributed by atoms with Gasteiger partial charge in [-0.3, -0.25) is 0 Å². The molecule has 2 aromatic heterocycles. The Morgan fingerprint density at radius 3 is 2.67 bits per heavy atom. The van der Waals surface area contributed by atoms with Gasteiger partial charge in [-0.25, -0.2) is 4.98 Å². The van der Waals surface area contributed by atoms with Gasteiger partial charge >= 0.3 is 0 Å². The van der Waals surface area contributed by atoms with E-state index in [0.717, 1.165) is 13.0 Å². The van der Waals surface area contributed by atoms with Crippen molar-refractivity contribution in [3.63, 3.8) is 0 Å². The van der Waals surface area contributed by atoms with Crippen LogP contribution >= 0.6 is 11.6 Å². The van der Waals surface area contributed by atoms with Crippen LogP contribution in [0.4, 0.5) is 5.95 Å². The molecule has 0 aliphatic heterocycles. The van der Waals surface area contributed by atoms with Gasteiger partial charge in [0.25, 0.3) is 5.95 Å². The van der Waals surface area contributed by atoms with Crippen molar-refractivity contribution in [1.29, 1.82) is 0 Å². The highest BCUT2D eigenvalue weighted by molar-refractivity contribution is 6.28. The van der Waals surface area contributed by atoms with Crippen molar-refractivity contribution in [3.05, 3.63) is 17.9 Å². The SMILES string of the molecule is CCCCCCCCNc1nc(Cl)nc(-n2cncn2)n1. The number of anilines is 1. The summed E-state index contributed by atoms with van der Waals surface area (Å²) >= 11 is 5.90. The van der Waals surface area contributed by atoms with Gasteiger partial charge < -0.3 is 5.32 Å². The van der Waals surface area contributed by atoms with E-state index in [1.807, 2.05) is 0 Å². The smallest absolute Gasteiger partial charge is 0.258 e. The van der Waals surface area contributed by atoms with Crippen LogP contribution in [0, 0.1) is 0 Å². The maximum absolute atomic E-state index is 5.90. The maximum Gasteiger partial charge on any atom is 0.258 e. The molecule has 7 nitrogen and oxygen atoms in total. The van der Waals surface area contributed by atoms with Gasteiger partial charge in [-0.15, -0.1) is 0 Å². The van der Waals surface area contributed by atoms with E-state index in [4.69, 9.17) is 11.6 Å². The van der Waals surface area contributed by atoms with E-state index in [-0.39, 0.29) is 5.28 Å². The number of nitrogens with one attached hydrogen (secondary N) is 1. The minimum atomic E-state index is 0.140. The molecule has 0 spiro atoms. The molecule has 114 valence electrons. The molecule has 2 aromatic rings. The summed E-state index contributed by atoms with van der Waals surface area (Å²) in [6, 6.07) is 0. The maximum atomic E-state index is 5.90. The minimum Gasteiger partial charge on any atom is -0.354 e. The molecule has 0 fully saturated rings. The summed E-state index contributed by atoms with van der Waals surface area (Å²) in [7, 11) is 0. The summed E-state index contributed by atoms with van der Waals surface area (Å²) in [6.45, 7) is 3.04. The van der Waals surface area contributed by atoms with Crippen molar-refractivity contribution in [2.75, 3.05) is 11.9 Å². The zero-order valence-corrected chi connectivity index (χ0v) is 12.9. The Hall–Kier alpha value is -1.76. The molecule has 2 rings (SSSR count). The molecular weight excluding hydrogens is 290 g/mol. The molecule has 1 N–H and O–H groups in total. The quantitative estimate of drug-likeness (QED) is 0.717. The predicted molar refractivity (Wildman–Crippen MR) is 81.6 cm³/mol. The minimum absolute atomic E-state index is 0.140. The topological polar surface area (TPSA) is 81.4 Å². The number of aromatic nitrogens is 6. The van der Waals surface area contributed by atoms with E-state index in [9.17, 15) is 0 Å². The molecule has 0 aliphatic carbocycles. The largest absolute Gasteiger partial charge is 0.354 e. The lowest BCUT2D eigenvalue weighted by molar-refractivity contribution is 0.616. The first-order chi connectivity index (χ1) is 10.3. The molecule has 0 aromatic carbocycles. The molecule has 0 saturated heterocycles. The first-order valence-corrected chi connectivity index (χ1v) is 7.68.